The van der Waals surface area contributed by atoms with Gasteiger partial charge in [-0.15, -0.1) is 11.3 Å². The lowest BCUT2D eigenvalue weighted by Gasteiger charge is -2.18. The number of thiazole rings is 1. The summed E-state index contributed by atoms with van der Waals surface area (Å²) in [5, 5.41) is 6.80. The van der Waals surface area contributed by atoms with Crippen molar-refractivity contribution in [3.8, 4) is 5.75 Å². The molecular formula is C16H22N2OS. The highest BCUT2D eigenvalue weighted by Gasteiger charge is 2.11. The second kappa shape index (κ2) is 8.02. The van der Waals surface area contributed by atoms with Crippen molar-refractivity contribution in [3.63, 3.8) is 0 Å². The van der Waals surface area contributed by atoms with Gasteiger partial charge >= 0.3 is 0 Å². The van der Waals surface area contributed by atoms with Gasteiger partial charge < -0.3 is 10.1 Å². The lowest BCUT2D eigenvalue weighted by molar-refractivity contribution is 0.262. The summed E-state index contributed by atoms with van der Waals surface area (Å²) in [7, 11) is 0. The highest BCUT2D eigenvalue weighted by molar-refractivity contribution is 7.09. The molecule has 0 spiro atoms. The summed E-state index contributed by atoms with van der Waals surface area (Å²) in [5.41, 5.74) is 1.15. The van der Waals surface area contributed by atoms with E-state index < -0.39 is 0 Å². The molecule has 108 valence electrons. The predicted octanol–water partition coefficient (Wildman–Crippen LogP) is 3.44. The molecule has 1 heterocycles. The fourth-order valence-corrected chi connectivity index (χ4v) is 2.63. The smallest absolute Gasteiger partial charge is 0.119 e. The Labute approximate surface area is 125 Å². The maximum absolute atomic E-state index is 5.86. The summed E-state index contributed by atoms with van der Waals surface area (Å²) in [4.78, 5) is 4.54. The van der Waals surface area contributed by atoms with E-state index in [-0.39, 0.29) is 0 Å². The van der Waals surface area contributed by atoms with Crippen molar-refractivity contribution >= 4 is 11.3 Å². The predicted molar refractivity (Wildman–Crippen MR) is 84.6 cm³/mol. The molecule has 0 saturated carbocycles. The van der Waals surface area contributed by atoms with Crippen LogP contribution in [-0.2, 0) is 6.42 Å². The fourth-order valence-electron chi connectivity index (χ4n) is 2.01. The summed E-state index contributed by atoms with van der Waals surface area (Å²) < 4.78 is 5.86. The molecular weight excluding hydrogens is 268 g/mol. The van der Waals surface area contributed by atoms with Gasteiger partial charge in [0.1, 0.15) is 12.4 Å². The van der Waals surface area contributed by atoms with Crippen LogP contribution in [0.3, 0.4) is 0 Å². The Morgan fingerprint density at radius 2 is 2.10 bits per heavy atom. The minimum Gasteiger partial charge on any atom is -0.492 e. The van der Waals surface area contributed by atoms with Crippen LogP contribution in [0, 0.1) is 6.92 Å². The molecule has 3 nitrogen and oxygen atoms in total. The molecule has 20 heavy (non-hydrogen) atoms. The molecule has 1 aromatic heterocycles. The van der Waals surface area contributed by atoms with E-state index in [1.54, 1.807) is 11.3 Å². The van der Waals surface area contributed by atoms with E-state index in [0.717, 1.165) is 35.8 Å². The number of rotatable bonds is 8. The third-order valence-corrected chi connectivity index (χ3v) is 3.82. The van der Waals surface area contributed by atoms with Crippen molar-refractivity contribution in [2.24, 2.45) is 0 Å². The number of nitrogens with one attached hydrogen (secondary N) is 1. The van der Waals surface area contributed by atoms with Crippen LogP contribution in [-0.4, -0.2) is 24.2 Å². The fraction of sp³-hybridized carbons (Fsp3) is 0.438. The van der Waals surface area contributed by atoms with E-state index in [4.69, 9.17) is 4.74 Å². The molecule has 0 aliphatic rings. The van der Waals surface area contributed by atoms with E-state index in [1.807, 2.05) is 37.3 Å². The Bertz CT molecular complexity index is 498. The zero-order valence-corrected chi connectivity index (χ0v) is 13.0. The van der Waals surface area contributed by atoms with Crippen LogP contribution in [0.5, 0.6) is 5.75 Å². The maximum atomic E-state index is 5.86. The summed E-state index contributed by atoms with van der Waals surface area (Å²) in [6.45, 7) is 5.89. The molecule has 4 heteroatoms. The highest BCUT2D eigenvalue weighted by Crippen LogP contribution is 2.12. The minimum atomic E-state index is 0.302. The van der Waals surface area contributed by atoms with Gasteiger partial charge in [0.2, 0.25) is 0 Å². The number of benzene rings is 1. The van der Waals surface area contributed by atoms with Gasteiger partial charge in [-0.05, 0) is 32.0 Å². The summed E-state index contributed by atoms with van der Waals surface area (Å²) >= 11 is 1.70. The van der Waals surface area contributed by atoms with Gasteiger partial charge in [-0.2, -0.15) is 0 Å². The van der Waals surface area contributed by atoms with Crippen LogP contribution >= 0.6 is 11.3 Å². The largest absolute Gasteiger partial charge is 0.492 e. The topological polar surface area (TPSA) is 34.1 Å². The van der Waals surface area contributed by atoms with E-state index >= 15 is 0 Å². The van der Waals surface area contributed by atoms with Crippen molar-refractivity contribution in [1.82, 2.24) is 10.3 Å². The zero-order valence-electron chi connectivity index (χ0n) is 12.1. The van der Waals surface area contributed by atoms with Gasteiger partial charge in [0, 0.05) is 17.8 Å². The molecule has 1 unspecified atom stereocenters. The van der Waals surface area contributed by atoms with Gasteiger partial charge in [-0.25, -0.2) is 4.98 Å². The number of aromatic nitrogens is 1. The van der Waals surface area contributed by atoms with Crippen molar-refractivity contribution in [2.45, 2.75) is 32.7 Å². The number of hydrogen-bond donors (Lipinski definition) is 1. The first-order chi connectivity index (χ1) is 9.78. The van der Waals surface area contributed by atoms with Crippen LogP contribution in [0.15, 0.2) is 35.7 Å². The molecule has 0 aliphatic heterocycles. The molecule has 1 atom stereocenters. The first kappa shape index (κ1) is 15.0. The number of ether oxygens (including phenoxy) is 1. The Morgan fingerprint density at radius 3 is 2.75 bits per heavy atom. The van der Waals surface area contributed by atoms with E-state index in [1.165, 1.54) is 0 Å². The van der Waals surface area contributed by atoms with Gasteiger partial charge in [-0.1, -0.05) is 25.1 Å². The van der Waals surface area contributed by atoms with Gasteiger partial charge in [-0.3, -0.25) is 0 Å². The van der Waals surface area contributed by atoms with Crippen LogP contribution < -0.4 is 10.1 Å². The zero-order chi connectivity index (χ0) is 14.2. The molecule has 2 rings (SSSR count). The number of hydrogen-bond acceptors (Lipinski definition) is 4. The van der Waals surface area contributed by atoms with E-state index in [9.17, 15) is 0 Å². The third-order valence-electron chi connectivity index (χ3n) is 3.00. The maximum Gasteiger partial charge on any atom is 0.119 e. The van der Waals surface area contributed by atoms with Gasteiger partial charge in [0.25, 0.3) is 0 Å². The van der Waals surface area contributed by atoms with Crippen LogP contribution in [0.25, 0.3) is 0 Å². The Hall–Kier alpha value is -1.39. The van der Waals surface area contributed by atoms with E-state index in [2.05, 4.69) is 22.6 Å². The Balaban J connectivity index is 1.89. The first-order valence-electron chi connectivity index (χ1n) is 7.10. The van der Waals surface area contributed by atoms with Crippen molar-refractivity contribution < 1.29 is 4.74 Å². The van der Waals surface area contributed by atoms with Gasteiger partial charge in [0.15, 0.2) is 0 Å². The molecule has 1 N–H and O–H groups in total. The molecule has 0 aliphatic carbocycles. The van der Waals surface area contributed by atoms with Crippen LogP contribution in [0.1, 0.15) is 24.0 Å². The lowest BCUT2D eigenvalue weighted by atomic mass is 10.2. The number of nitrogens with zero attached hydrogens (tertiary/aromatic N) is 1. The first-order valence-corrected chi connectivity index (χ1v) is 7.98. The number of aryl methyl sites for hydroxylation is 1. The van der Waals surface area contributed by atoms with Crippen molar-refractivity contribution in [2.75, 3.05) is 13.2 Å². The summed E-state index contributed by atoms with van der Waals surface area (Å²) in [6, 6.07) is 10.3. The highest BCUT2D eigenvalue weighted by atomic mass is 32.1. The summed E-state index contributed by atoms with van der Waals surface area (Å²) in [5.74, 6) is 0.922. The minimum absolute atomic E-state index is 0.302. The van der Waals surface area contributed by atoms with Crippen molar-refractivity contribution in [3.05, 3.63) is 46.4 Å². The van der Waals surface area contributed by atoms with Crippen LogP contribution in [0.2, 0.25) is 0 Å². The molecule has 2 aromatic rings. The second-order valence-corrected chi connectivity index (χ2v) is 5.90. The molecule has 0 saturated heterocycles. The molecule has 0 amide bonds. The van der Waals surface area contributed by atoms with Crippen LogP contribution in [0.4, 0.5) is 0 Å². The standard InChI is InChI=1S/C16H22N2OS/c1-3-9-17-14(10-15-12-20-13(2)18-15)11-19-16-7-5-4-6-8-16/h4-8,12,14,17H,3,9-11H2,1-2H3. The molecule has 0 bridgehead atoms. The second-order valence-electron chi connectivity index (χ2n) is 4.84. The Morgan fingerprint density at radius 1 is 1.30 bits per heavy atom. The normalized spacial score (nSPS) is 12.3. The van der Waals surface area contributed by atoms with Crippen molar-refractivity contribution in [1.29, 1.82) is 0 Å². The Kier molecular flexibility index (Phi) is 6.02. The lowest BCUT2D eigenvalue weighted by Crippen LogP contribution is -2.37. The molecule has 0 fully saturated rings. The average molecular weight is 290 g/mol. The van der Waals surface area contributed by atoms with Gasteiger partial charge in [0.05, 0.1) is 10.7 Å². The SMILES string of the molecule is CCCNC(COc1ccccc1)Cc1csc(C)n1. The monoisotopic (exact) mass is 290 g/mol. The molecule has 0 radical (unpaired) electrons. The van der Waals surface area contributed by atoms with E-state index in [0.29, 0.717) is 12.6 Å². The third kappa shape index (κ3) is 4.94. The summed E-state index contributed by atoms with van der Waals surface area (Å²) in [6.07, 6.45) is 2.04. The quantitative estimate of drug-likeness (QED) is 0.808. The average Bonchev–Trinajstić information content (AvgIpc) is 2.88. The number of para-hydroxylation sites is 1. The molecule has 1 aromatic carbocycles.